The molecule has 0 aromatic carbocycles. The maximum atomic E-state index is 12.1. The predicted molar refractivity (Wildman–Crippen MR) is 75.6 cm³/mol. The average Bonchev–Trinajstić information content (AvgIpc) is 2.44. The molecule has 2 rings (SSSR count). The molecule has 1 fully saturated rings. The maximum absolute atomic E-state index is 12.1. The highest BCUT2D eigenvalue weighted by atomic mass is 35.5. The molecule has 2 heterocycles. The largest absolute Gasteiger partial charge is 0.358 e. The first-order valence-corrected chi connectivity index (χ1v) is 6.91. The van der Waals surface area contributed by atoms with Gasteiger partial charge in [-0.15, -0.1) is 0 Å². The molecule has 1 aliphatic heterocycles. The number of rotatable bonds is 3. The molecule has 0 saturated carbocycles. The second-order valence-corrected chi connectivity index (χ2v) is 5.14. The van der Waals surface area contributed by atoms with Crippen molar-refractivity contribution in [2.24, 2.45) is 0 Å². The Morgan fingerprint density at radius 2 is 2.10 bits per heavy atom. The number of hydrogen-bond donors (Lipinski definition) is 1. The molecule has 108 valence electrons. The van der Waals surface area contributed by atoms with E-state index in [1.807, 2.05) is 6.92 Å². The summed E-state index contributed by atoms with van der Waals surface area (Å²) in [7, 11) is 1.50. The first-order chi connectivity index (χ1) is 9.43. The summed E-state index contributed by atoms with van der Waals surface area (Å²) in [6.45, 7) is 3.73. The standard InChI is InChI=1S/C13H17ClN4O2/c1-4-9-16-11(14)7(2)12(17-9)15-8-5-6-10(19)18(3)13(8)20/h8H,4-6H2,1-3H3,(H,15,16,17). The number of imide groups is 1. The van der Waals surface area contributed by atoms with E-state index in [2.05, 4.69) is 15.3 Å². The van der Waals surface area contributed by atoms with Crippen molar-refractivity contribution in [3.63, 3.8) is 0 Å². The maximum Gasteiger partial charge on any atom is 0.251 e. The van der Waals surface area contributed by atoms with Gasteiger partial charge >= 0.3 is 0 Å². The quantitative estimate of drug-likeness (QED) is 0.677. The molecule has 0 aliphatic carbocycles. The molecule has 7 heteroatoms. The number of likely N-dealkylation sites (N-methyl/N-ethyl adjacent to an activating group) is 1. The van der Waals surface area contributed by atoms with E-state index < -0.39 is 6.04 Å². The van der Waals surface area contributed by atoms with Crippen molar-refractivity contribution in [2.45, 2.75) is 39.2 Å². The van der Waals surface area contributed by atoms with E-state index in [9.17, 15) is 9.59 Å². The third-order valence-electron chi connectivity index (χ3n) is 3.41. The molecule has 20 heavy (non-hydrogen) atoms. The molecule has 1 aliphatic rings. The summed E-state index contributed by atoms with van der Waals surface area (Å²) in [6, 6.07) is -0.452. The smallest absolute Gasteiger partial charge is 0.251 e. The Labute approximate surface area is 122 Å². The van der Waals surface area contributed by atoms with Crippen LogP contribution in [0, 0.1) is 6.92 Å². The molecule has 0 radical (unpaired) electrons. The lowest BCUT2D eigenvalue weighted by Crippen LogP contribution is -2.48. The monoisotopic (exact) mass is 296 g/mol. The Bertz CT molecular complexity index is 562. The number of carbonyl (C=O) groups excluding carboxylic acids is 2. The molecule has 1 atom stereocenters. The number of piperidine rings is 1. The highest BCUT2D eigenvalue weighted by Crippen LogP contribution is 2.23. The summed E-state index contributed by atoms with van der Waals surface area (Å²) >= 11 is 6.06. The minimum Gasteiger partial charge on any atom is -0.358 e. The van der Waals surface area contributed by atoms with Gasteiger partial charge in [0, 0.05) is 25.5 Å². The van der Waals surface area contributed by atoms with Crippen molar-refractivity contribution in [2.75, 3.05) is 12.4 Å². The molecule has 2 amide bonds. The van der Waals surface area contributed by atoms with E-state index >= 15 is 0 Å². The molecule has 1 aromatic rings. The van der Waals surface area contributed by atoms with E-state index in [1.165, 1.54) is 7.05 Å². The molecule has 0 bridgehead atoms. The molecule has 1 saturated heterocycles. The number of nitrogens with one attached hydrogen (secondary N) is 1. The normalized spacial score (nSPS) is 19.4. The topological polar surface area (TPSA) is 75.2 Å². The highest BCUT2D eigenvalue weighted by molar-refractivity contribution is 6.30. The Hall–Kier alpha value is -1.69. The number of aromatic nitrogens is 2. The van der Waals surface area contributed by atoms with Crippen LogP contribution in [-0.4, -0.2) is 39.8 Å². The van der Waals surface area contributed by atoms with Gasteiger partial charge < -0.3 is 5.32 Å². The second-order valence-electron chi connectivity index (χ2n) is 4.78. The molecule has 1 aromatic heterocycles. The van der Waals surface area contributed by atoms with Crippen LogP contribution in [-0.2, 0) is 16.0 Å². The van der Waals surface area contributed by atoms with Crippen molar-refractivity contribution in [1.82, 2.24) is 14.9 Å². The number of aryl methyl sites for hydroxylation is 1. The van der Waals surface area contributed by atoms with Gasteiger partial charge in [-0.2, -0.15) is 0 Å². The van der Waals surface area contributed by atoms with Crippen LogP contribution in [0.1, 0.15) is 31.2 Å². The van der Waals surface area contributed by atoms with Gasteiger partial charge in [0.15, 0.2) is 0 Å². The van der Waals surface area contributed by atoms with E-state index in [4.69, 9.17) is 11.6 Å². The van der Waals surface area contributed by atoms with Gasteiger partial charge in [-0.05, 0) is 13.3 Å². The molecular formula is C13H17ClN4O2. The highest BCUT2D eigenvalue weighted by Gasteiger charge is 2.32. The lowest BCUT2D eigenvalue weighted by atomic mass is 10.0. The number of carbonyl (C=O) groups is 2. The fourth-order valence-electron chi connectivity index (χ4n) is 2.05. The van der Waals surface area contributed by atoms with Crippen molar-refractivity contribution in [3.8, 4) is 0 Å². The number of hydrogen-bond acceptors (Lipinski definition) is 5. The van der Waals surface area contributed by atoms with Gasteiger partial charge in [0.05, 0.1) is 0 Å². The summed E-state index contributed by atoms with van der Waals surface area (Å²) in [5, 5.41) is 3.47. The van der Waals surface area contributed by atoms with Gasteiger partial charge in [0.1, 0.15) is 22.8 Å². The zero-order valence-corrected chi connectivity index (χ0v) is 12.5. The number of amides is 2. The van der Waals surface area contributed by atoms with Crippen LogP contribution in [0.5, 0.6) is 0 Å². The predicted octanol–water partition coefficient (Wildman–Crippen LogP) is 1.56. The van der Waals surface area contributed by atoms with E-state index in [0.717, 1.165) is 4.90 Å². The fourth-order valence-corrected chi connectivity index (χ4v) is 2.23. The first-order valence-electron chi connectivity index (χ1n) is 6.54. The van der Waals surface area contributed by atoms with Gasteiger partial charge in [0.2, 0.25) is 5.91 Å². The lowest BCUT2D eigenvalue weighted by molar-refractivity contribution is -0.146. The van der Waals surface area contributed by atoms with E-state index in [1.54, 1.807) is 6.92 Å². The SMILES string of the molecule is CCc1nc(Cl)c(C)c(NC2CCC(=O)N(C)C2=O)n1. The Balaban J connectivity index is 2.24. The van der Waals surface area contributed by atoms with Crippen LogP contribution >= 0.6 is 11.6 Å². The summed E-state index contributed by atoms with van der Waals surface area (Å²) in [4.78, 5) is 33.2. The van der Waals surface area contributed by atoms with Crippen LogP contribution < -0.4 is 5.32 Å². The fraction of sp³-hybridized carbons (Fsp3) is 0.538. The van der Waals surface area contributed by atoms with E-state index in [-0.39, 0.29) is 11.8 Å². The third-order valence-corrected chi connectivity index (χ3v) is 3.78. The zero-order valence-electron chi connectivity index (χ0n) is 11.7. The molecule has 0 spiro atoms. The minimum absolute atomic E-state index is 0.153. The van der Waals surface area contributed by atoms with Crippen molar-refractivity contribution in [3.05, 3.63) is 16.5 Å². The molecule has 1 N–H and O–H groups in total. The van der Waals surface area contributed by atoms with Crippen LogP contribution in [0.3, 0.4) is 0 Å². The Kier molecular flexibility index (Phi) is 4.23. The number of likely N-dealkylation sites (tertiary alicyclic amines) is 1. The van der Waals surface area contributed by atoms with Gasteiger partial charge in [0.25, 0.3) is 5.91 Å². The van der Waals surface area contributed by atoms with Crippen molar-refractivity contribution < 1.29 is 9.59 Å². The van der Waals surface area contributed by atoms with Gasteiger partial charge in [-0.25, -0.2) is 9.97 Å². The Morgan fingerprint density at radius 3 is 2.75 bits per heavy atom. The van der Waals surface area contributed by atoms with E-state index in [0.29, 0.717) is 41.6 Å². The van der Waals surface area contributed by atoms with Crippen LogP contribution in [0.15, 0.2) is 0 Å². The summed E-state index contributed by atoms with van der Waals surface area (Å²) < 4.78 is 0. The first kappa shape index (κ1) is 14.7. The van der Waals surface area contributed by atoms with Crippen molar-refractivity contribution in [1.29, 1.82) is 0 Å². The summed E-state index contributed by atoms with van der Waals surface area (Å²) in [6.07, 6.45) is 1.47. The molecular weight excluding hydrogens is 280 g/mol. The van der Waals surface area contributed by atoms with Gasteiger partial charge in [-0.1, -0.05) is 18.5 Å². The summed E-state index contributed by atoms with van der Waals surface area (Å²) in [5.74, 6) is 0.784. The van der Waals surface area contributed by atoms with Crippen LogP contribution in [0.4, 0.5) is 5.82 Å². The van der Waals surface area contributed by atoms with Crippen LogP contribution in [0.2, 0.25) is 5.15 Å². The number of nitrogens with zero attached hydrogens (tertiary/aromatic N) is 3. The third kappa shape index (κ3) is 2.75. The number of halogens is 1. The van der Waals surface area contributed by atoms with Gasteiger partial charge in [-0.3, -0.25) is 14.5 Å². The van der Waals surface area contributed by atoms with Crippen LogP contribution in [0.25, 0.3) is 0 Å². The number of anilines is 1. The lowest BCUT2D eigenvalue weighted by Gasteiger charge is -2.29. The molecule has 1 unspecified atom stereocenters. The minimum atomic E-state index is -0.452. The zero-order chi connectivity index (χ0) is 14.9. The average molecular weight is 297 g/mol. The van der Waals surface area contributed by atoms with Crippen molar-refractivity contribution >= 4 is 29.2 Å². The summed E-state index contributed by atoms with van der Waals surface area (Å²) in [5.41, 5.74) is 0.705. The molecule has 6 nitrogen and oxygen atoms in total. The Morgan fingerprint density at radius 1 is 1.40 bits per heavy atom. The second kappa shape index (κ2) is 5.75.